The minimum Gasteiger partial charge on any atom is -0.456 e. The number of aromatic nitrogens is 1. The molecule has 0 radical (unpaired) electrons. The summed E-state index contributed by atoms with van der Waals surface area (Å²) in [6.07, 6.45) is 0. The van der Waals surface area contributed by atoms with Gasteiger partial charge in [-0.25, -0.2) is 0 Å². The molecule has 182 valence electrons. The Hall–Kier alpha value is -5.28. The zero-order valence-electron chi connectivity index (χ0n) is 20.9. The minimum absolute atomic E-state index is 0.865. The van der Waals surface area contributed by atoms with E-state index in [4.69, 9.17) is 9.15 Å². The molecule has 3 nitrogen and oxygen atoms in total. The molecule has 0 amide bonds. The van der Waals surface area contributed by atoms with Gasteiger partial charge in [-0.05, 0) is 53.6 Å². The standard InChI is InChI=1S/C36H21NO2/c1-2-10-24-23(9-1)26-12-4-8-16-33(26)39-36-29(24)19-18-28-25-11-3-6-14-31(25)37(35(28)36)22-17-20-34-30(21-22)27-13-5-7-15-32(27)38-34/h1-21H. The molecule has 39 heavy (non-hydrogen) atoms. The van der Waals surface area contributed by atoms with E-state index in [-0.39, 0.29) is 0 Å². The lowest BCUT2D eigenvalue weighted by Crippen LogP contribution is -1.97. The molecule has 1 aliphatic heterocycles. The maximum absolute atomic E-state index is 6.89. The quantitative estimate of drug-likeness (QED) is 0.225. The van der Waals surface area contributed by atoms with Crippen LogP contribution < -0.4 is 4.74 Å². The van der Waals surface area contributed by atoms with Gasteiger partial charge in [-0.1, -0.05) is 84.9 Å². The molecule has 0 aliphatic carbocycles. The summed E-state index contributed by atoms with van der Waals surface area (Å²) in [5.74, 6) is 1.74. The first-order chi connectivity index (χ1) is 19.3. The normalized spacial score (nSPS) is 12.3. The maximum atomic E-state index is 6.89. The first-order valence-electron chi connectivity index (χ1n) is 13.2. The van der Waals surface area contributed by atoms with Gasteiger partial charge in [-0.15, -0.1) is 0 Å². The number of furan rings is 1. The van der Waals surface area contributed by atoms with E-state index in [0.29, 0.717) is 0 Å². The molecule has 0 saturated heterocycles. The second kappa shape index (κ2) is 7.62. The van der Waals surface area contributed by atoms with Crippen molar-refractivity contribution in [2.24, 2.45) is 0 Å². The van der Waals surface area contributed by atoms with Crippen LogP contribution in [-0.2, 0) is 0 Å². The molecule has 6 aromatic carbocycles. The number of rotatable bonds is 1. The Kier molecular flexibility index (Phi) is 4.05. The van der Waals surface area contributed by atoms with Crippen molar-refractivity contribution in [3.05, 3.63) is 127 Å². The Labute approximate surface area is 224 Å². The molecule has 0 N–H and O–H groups in total. The van der Waals surface area contributed by atoms with Crippen molar-refractivity contribution < 1.29 is 9.15 Å². The fraction of sp³-hybridized carbons (Fsp3) is 0. The monoisotopic (exact) mass is 499 g/mol. The second-order valence-corrected chi connectivity index (χ2v) is 10.1. The van der Waals surface area contributed by atoms with Crippen LogP contribution in [0.15, 0.2) is 132 Å². The summed E-state index contributed by atoms with van der Waals surface area (Å²) in [5.41, 5.74) is 9.61. The van der Waals surface area contributed by atoms with Crippen molar-refractivity contribution in [3.63, 3.8) is 0 Å². The largest absolute Gasteiger partial charge is 0.456 e. The zero-order chi connectivity index (χ0) is 25.5. The molecule has 0 unspecified atom stereocenters. The van der Waals surface area contributed by atoms with E-state index >= 15 is 0 Å². The topological polar surface area (TPSA) is 27.3 Å². The van der Waals surface area contributed by atoms with E-state index in [9.17, 15) is 0 Å². The van der Waals surface area contributed by atoms with Crippen LogP contribution in [0.2, 0.25) is 0 Å². The molecule has 8 aromatic rings. The Morgan fingerprint density at radius 1 is 0.462 bits per heavy atom. The van der Waals surface area contributed by atoms with E-state index in [0.717, 1.165) is 61.3 Å². The lowest BCUT2D eigenvalue weighted by molar-refractivity contribution is 0.491. The highest BCUT2D eigenvalue weighted by Crippen LogP contribution is 2.51. The lowest BCUT2D eigenvalue weighted by Gasteiger charge is -2.15. The number of para-hydroxylation sites is 3. The number of ether oxygens (including phenoxy) is 1. The molecule has 0 fully saturated rings. The zero-order valence-corrected chi connectivity index (χ0v) is 20.9. The van der Waals surface area contributed by atoms with Gasteiger partial charge in [0.05, 0.1) is 11.0 Å². The average Bonchev–Trinajstić information content (AvgIpc) is 3.48. The van der Waals surface area contributed by atoms with Gasteiger partial charge in [-0.2, -0.15) is 0 Å². The van der Waals surface area contributed by atoms with E-state index in [1.165, 1.54) is 21.9 Å². The van der Waals surface area contributed by atoms with Gasteiger partial charge in [0.25, 0.3) is 0 Å². The average molecular weight is 500 g/mol. The van der Waals surface area contributed by atoms with Crippen LogP contribution in [0.1, 0.15) is 0 Å². The van der Waals surface area contributed by atoms with Gasteiger partial charge in [-0.3, -0.25) is 0 Å². The van der Waals surface area contributed by atoms with Crippen LogP contribution in [0.25, 0.3) is 71.7 Å². The summed E-state index contributed by atoms with van der Waals surface area (Å²) < 4.78 is 15.4. The number of benzene rings is 6. The Morgan fingerprint density at radius 3 is 2.05 bits per heavy atom. The summed E-state index contributed by atoms with van der Waals surface area (Å²) in [6.45, 7) is 0. The number of fused-ring (bicyclic) bond motifs is 12. The van der Waals surface area contributed by atoms with E-state index < -0.39 is 0 Å². The minimum atomic E-state index is 0.865. The molecule has 3 heteroatoms. The highest BCUT2D eigenvalue weighted by atomic mass is 16.5. The molecule has 2 aromatic heterocycles. The van der Waals surface area contributed by atoms with Crippen LogP contribution in [0, 0.1) is 0 Å². The molecular formula is C36H21NO2. The Balaban J connectivity index is 1.44. The van der Waals surface area contributed by atoms with Crippen molar-refractivity contribution in [2.75, 3.05) is 0 Å². The number of hydrogen-bond donors (Lipinski definition) is 0. The fourth-order valence-electron chi connectivity index (χ4n) is 6.31. The maximum Gasteiger partial charge on any atom is 0.159 e. The van der Waals surface area contributed by atoms with Crippen molar-refractivity contribution in [1.82, 2.24) is 4.57 Å². The molecule has 0 spiro atoms. The smallest absolute Gasteiger partial charge is 0.159 e. The third kappa shape index (κ3) is 2.82. The third-order valence-electron chi connectivity index (χ3n) is 8.02. The highest BCUT2D eigenvalue weighted by molar-refractivity contribution is 6.14. The molecular weight excluding hydrogens is 478 g/mol. The van der Waals surface area contributed by atoms with Crippen molar-refractivity contribution in [3.8, 4) is 39.4 Å². The van der Waals surface area contributed by atoms with Crippen molar-refractivity contribution in [1.29, 1.82) is 0 Å². The number of hydrogen-bond acceptors (Lipinski definition) is 2. The predicted molar refractivity (Wildman–Crippen MR) is 159 cm³/mol. The van der Waals surface area contributed by atoms with Crippen LogP contribution in [0.3, 0.4) is 0 Å². The van der Waals surface area contributed by atoms with Crippen LogP contribution in [-0.4, -0.2) is 4.57 Å². The van der Waals surface area contributed by atoms with Gasteiger partial charge in [0, 0.05) is 38.4 Å². The Morgan fingerprint density at radius 2 is 1.15 bits per heavy atom. The summed E-state index contributed by atoms with van der Waals surface area (Å²) in [6, 6.07) is 44.7. The van der Waals surface area contributed by atoms with Gasteiger partial charge >= 0.3 is 0 Å². The first-order valence-corrected chi connectivity index (χ1v) is 13.2. The van der Waals surface area contributed by atoms with Crippen LogP contribution >= 0.6 is 0 Å². The Bertz CT molecular complexity index is 2270. The summed E-state index contributed by atoms with van der Waals surface area (Å²) in [7, 11) is 0. The lowest BCUT2D eigenvalue weighted by atomic mass is 9.94. The third-order valence-corrected chi connectivity index (χ3v) is 8.02. The highest BCUT2D eigenvalue weighted by Gasteiger charge is 2.26. The molecule has 0 atom stereocenters. The van der Waals surface area contributed by atoms with E-state index in [1.807, 2.05) is 18.2 Å². The van der Waals surface area contributed by atoms with Crippen molar-refractivity contribution >= 4 is 43.7 Å². The summed E-state index contributed by atoms with van der Waals surface area (Å²) >= 11 is 0. The predicted octanol–water partition coefficient (Wildman–Crippen LogP) is 10.1. The molecule has 1 aliphatic rings. The van der Waals surface area contributed by atoms with Crippen molar-refractivity contribution in [2.45, 2.75) is 0 Å². The fourth-order valence-corrected chi connectivity index (χ4v) is 6.31. The van der Waals surface area contributed by atoms with Crippen LogP contribution in [0.5, 0.6) is 11.5 Å². The van der Waals surface area contributed by atoms with E-state index in [1.54, 1.807) is 0 Å². The molecule has 0 saturated carbocycles. The van der Waals surface area contributed by atoms with Gasteiger partial charge in [0.15, 0.2) is 5.75 Å². The first kappa shape index (κ1) is 20.7. The van der Waals surface area contributed by atoms with Gasteiger partial charge in [0.1, 0.15) is 16.9 Å². The van der Waals surface area contributed by atoms with Crippen LogP contribution in [0.4, 0.5) is 0 Å². The van der Waals surface area contributed by atoms with Gasteiger partial charge < -0.3 is 13.7 Å². The van der Waals surface area contributed by atoms with E-state index in [2.05, 4.69) is 114 Å². The number of nitrogens with zero attached hydrogens (tertiary/aromatic N) is 1. The molecule has 9 rings (SSSR count). The summed E-state index contributed by atoms with van der Waals surface area (Å²) in [4.78, 5) is 0. The summed E-state index contributed by atoms with van der Waals surface area (Å²) in [5, 5.41) is 4.58. The second-order valence-electron chi connectivity index (χ2n) is 10.1. The molecule has 0 bridgehead atoms. The molecule has 3 heterocycles. The van der Waals surface area contributed by atoms with Gasteiger partial charge in [0.2, 0.25) is 0 Å². The SMILES string of the molecule is c1ccc2c(c1)Oc1c(ccc3c4ccccc4n(-c4ccc5oc6ccccc6c5c4)c13)-c1ccccc1-2.